The minimum Gasteiger partial charge on any atom is -0.385 e. The third-order valence-corrected chi connectivity index (χ3v) is 2.72. The Bertz CT molecular complexity index is 141. The monoisotopic (exact) mass is 187 g/mol. The van der Waals surface area contributed by atoms with Gasteiger partial charge in [-0.2, -0.15) is 0 Å². The Hall–Kier alpha value is -0.120. The first kappa shape index (κ1) is 11.0. The van der Waals surface area contributed by atoms with Crippen LogP contribution < -0.4 is 5.73 Å². The number of hydrogen-bond acceptors (Lipinski definition) is 3. The van der Waals surface area contributed by atoms with Crippen molar-refractivity contribution in [3.8, 4) is 0 Å². The second-order valence-electron chi connectivity index (χ2n) is 3.94. The van der Waals surface area contributed by atoms with E-state index in [2.05, 4.69) is 6.92 Å². The highest BCUT2D eigenvalue weighted by atomic mass is 16.5. The molecule has 1 heterocycles. The summed E-state index contributed by atoms with van der Waals surface area (Å²) in [6, 6.07) is 0.292. The molecule has 3 heteroatoms. The van der Waals surface area contributed by atoms with Crippen LogP contribution in [0.5, 0.6) is 0 Å². The lowest BCUT2D eigenvalue weighted by molar-refractivity contribution is 0.117. The van der Waals surface area contributed by atoms with Crippen molar-refractivity contribution in [1.29, 1.82) is 0 Å². The predicted octanol–water partition coefficient (Wildman–Crippen LogP) is 1.17. The second-order valence-corrected chi connectivity index (χ2v) is 3.94. The molecule has 1 aliphatic heterocycles. The molecule has 3 nitrogen and oxygen atoms in total. The molecule has 0 aromatic heterocycles. The van der Waals surface area contributed by atoms with Gasteiger partial charge in [-0.3, -0.25) is 0 Å². The Balaban J connectivity index is 2.12. The standard InChI is InChI=1S/C10H21NO2/c1-8-6-9(7-13-8)10(11)4-3-5-12-2/h8-10H,3-7,11H2,1-2H3. The van der Waals surface area contributed by atoms with Gasteiger partial charge in [0.15, 0.2) is 0 Å². The number of hydrogen-bond donors (Lipinski definition) is 1. The van der Waals surface area contributed by atoms with E-state index >= 15 is 0 Å². The highest BCUT2D eigenvalue weighted by Crippen LogP contribution is 2.23. The quantitative estimate of drug-likeness (QED) is 0.657. The Kier molecular flexibility index (Phi) is 4.70. The summed E-state index contributed by atoms with van der Waals surface area (Å²) >= 11 is 0. The molecule has 1 rings (SSSR count). The largest absolute Gasteiger partial charge is 0.385 e. The number of ether oxygens (including phenoxy) is 2. The molecule has 0 aromatic carbocycles. The molecular weight excluding hydrogens is 166 g/mol. The van der Waals surface area contributed by atoms with Gasteiger partial charge in [0.2, 0.25) is 0 Å². The topological polar surface area (TPSA) is 44.5 Å². The molecule has 0 amide bonds. The lowest BCUT2D eigenvalue weighted by Crippen LogP contribution is -2.30. The highest BCUT2D eigenvalue weighted by Gasteiger charge is 2.26. The summed E-state index contributed by atoms with van der Waals surface area (Å²) in [4.78, 5) is 0. The molecule has 0 saturated carbocycles. The van der Waals surface area contributed by atoms with Crippen LogP contribution in [-0.4, -0.2) is 32.5 Å². The molecule has 0 bridgehead atoms. The fraction of sp³-hybridized carbons (Fsp3) is 1.00. The maximum Gasteiger partial charge on any atom is 0.0551 e. The van der Waals surface area contributed by atoms with E-state index in [4.69, 9.17) is 15.2 Å². The van der Waals surface area contributed by atoms with Gasteiger partial charge in [0.05, 0.1) is 12.7 Å². The Morgan fingerprint density at radius 3 is 2.92 bits per heavy atom. The predicted molar refractivity (Wildman–Crippen MR) is 52.6 cm³/mol. The van der Waals surface area contributed by atoms with Gasteiger partial charge in [0.25, 0.3) is 0 Å². The molecule has 0 aromatic rings. The fourth-order valence-electron chi connectivity index (χ4n) is 1.85. The van der Waals surface area contributed by atoms with Crippen LogP contribution in [0.15, 0.2) is 0 Å². The molecule has 13 heavy (non-hydrogen) atoms. The SMILES string of the molecule is COCCCC(N)C1COC(C)C1. The van der Waals surface area contributed by atoms with E-state index in [0.717, 1.165) is 32.5 Å². The summed E-state index contributed by atoms with van der Waals surface area (Å²) < 4.78 is 10.5. The molecule has 1 saturated heterocycles. The zero-order valence-corrected chi connectivity index (χ0v) is 8.66. The molecular formula is C10H21NO2. The molecule has 0 spiro atoms. The summed E-state index contributed by atoms with van der Waals surface area (Å²) in [5.41, 5.74) is 6.05. The summed E-state index contributed by atoms with van der Waals surface area (Å²) in [6.45, 7) is 3.77. The van der Waals surface area contributed by atoms with Gasteiger partial charge in [-0.15, -0.1) is 0 Å². The maximum absolute atomic E-state index is 6.05. The van der Waals surface area contributed by atoms with Gasteiger partial charge in [-0.25, -0.2) is 0 Å². The van der Waals surface area contributed by atoms with Crippen molar-refractivity contribution in [2.75, 3.05) is 20.3 Å². The molecule has 0 radical (unpaired) electrons. The minimum atomic E-state index is 0.292. The van der Waals surface area contributed by atoms with Crippen molar-refractivity contribution < 1.29 is 9.47 Å². The van der Waals surface area contributed by atoms with Crippen molar-refractivity contribution in [2.45, 2.75) is 38.3 Å². The van der Waals surface area contributed by atoms with Crippen LogP contribution in [0.1, 0.15) is 26.2 Å². The van der Waals surface area contributed by atoms with Crippen LogP contribution in [0.25, 0.3) is 0 Å². The van der Waals surface area contributed by atoms with Gasteiger partial charge in [0.1, 0.15) is 0 Å². The van der Waals surface area contributed by atoms with Gasteiger partial charge >= 0.3 is 0 Å². The van der Waals surface area contributed by atoms with Crippen LogP contribution in [0.2, 0.25) is 0 Å². The smallest absolute Gasteiger partial charge is 0.0551 e. The molecule has 0 aliphatic carbocycles. The Morgan fingerprint density at radius 1 is 1.62 bits per heavy atom. The molecule has 3 unspecified atom stereocenters. The Labute approximate surface area is 80.6 Å². The number of nitrogens with two attached hydrogens (primary N) is 1. The summed E-state index contributed by atoms with van der Waals surface area (Å²) in [6.07, 6.45) is 3.63. The lowest BCUT2D eigenvalue weighted by Gasteiger charge is -2.17. The Morgan fingerprint density at radius 2 is 2.38 bits per heavy atom. The molecule has 2 N–H and O–H groups in total. The van der Waals surface area contributed by atoms with Crippen LogP contribution in [-0.2, 0) is 9.47 Å². The maximum atomic E-state index is 6.05. The highest BCUT2D eigenvalue weighted by molar-refractivity contribution is 4.79. The summed E-state index contributed by atoms with van der Waals surface area (Å²) in [5.74, 6) is 0.562. The van der Waals surface area contributed by atoms with Gasteiger partial charge in [0, 0.05) is 19.8 Å². The number of rotatable bonds is 5. The lowest BCUT2D eigenvalue weighted by atomic mass is 9.94. The van der Waals surface area contributed by atoms with Crippen LogP contribution in [0.4, 0.5) is 0 Å². The van der Waals surface area contributed by atoms with E-state index in [-0.39, 0.29) is 0 Å². The zero-order chi connectivity index (χ0) is 9.68. The first-order valence-electron chi connectivity index (χ1n) is 5.10. The van der Waals surface area contributed by atoms with E-state index in [9.17, 15) is 0 Å². The van der Waals surface area contributed by atoms with E-state index in [1.165, 1.54) is 0 Å². The van der Waals surface area contributed by atoms with E-state index < -0.39 is 0 Å². The van der Waals surface area contributed by atoms with Gasteiger partial charge in [-0.1, -0.05) is 0 Å². The number of methoxy groups -OCH3 is 1. The first-order chi connectivity index (χ1) is 6.24. The van der Waals surface area contributed by atoms with Crippen molar-refractivity contribution in [1.82, 2.24) is 0 Å². The third-order valence-electron chi connectivity index (χ3n) is 2.72. The van der Waals surface area contributed by atoms with Crippen LogP contribution in [0.3, 0.4) is 0 Å². The van der Waals surface area contributed by atoms with Crippen LogP contribution in [0, 0.1) is 5.92 Å². The van der Waals surface area contributed by atoms with E-state index in [1.807, 2.05) is 0 Å². The molecule has 1 fully saturated rings. The zero-order valence-electron chi connectivity index (χ0n) is 8.66. The van der Waals surface area contributed by atoms with Crippen LogP contribution >= 0.6 is 0 Å². The van der Waals surface area contributed by atoms with Gasteiger partial charge in [-0.05, 0) is 32.1 Å². The van der Waals surface area contributed by atoms with Crippen molar-refractivity contribution in [2.24, 2.45) is 11.7 Å². The van der Waals surface area contributed by atoms with Crippen molar-refractivity contribution in [3.05, 3.63) is 0 Å². The van der Waals surface area contributed by atoms with E-state index in [0.29, 0.717) is 18.1 Å². The fourth-order valence-corrected chi connectivity index (χ4v) is 1.85. The third kappa shape index (κ3) is 3.63. The average Bonchev–Trinajstić information content (AvgIpc) is 2.52. The van der Waals surface area contributed by atoms with Crippen molar-refractivity contribution in [3.63, 3.8) is 0 Å². The second kappa shape index (κ2) is 5.58. The molecule has 1 aliphatic rings. The first-order valence-corrected chi connectivity index (χ1v) is 5.10. The van der Waals surface area contributed by atoms with Crippen molar-refractivity contribution >= 4 is 0 Å². The normalized spacial score (nSPS) is 30.7. The van der Waals surface area contributed by atoms with Gasteiger partial charge < -0.3 is 15.2 Å². The minimum absolute atomic E-state index is 0.292. The molecule has 78 valence electrons. The summed E-state index contributed by atoms with van der Waals surface area (Å²) in [5, 5.41) is 0. The van der Waals surface area contributed by atoms with E-state index in [1.54, 1.807) is 7.11 Å². The summed E-state index contributed by atoms with van der Waals surface area (Å²) in [7, 11) is 1.73. The average molecular weight is 187 g/mol. The molecule has 3 atom stereocenters.